The Morgan fingerprint density at radius 1 is 1.32 bits per heavy atom. The van der Waals surface area contributed by atoms with Gasteiger partial charge in [-0.2, -0.15) is 5.10 Å². The summed E-state index contributed by atoms with van der Waals surface area (Å²) in [7, 11) is 1.53. The van der Waals surface area contributed by atoms with E-state index in [4.69, 9.17) is 5.73 Å². The highest BCUT2D eigenvalue weighted by molar-refractivity contribution is 7.17. The molecule has 1 amide bonds. The van der Waals surface area contributed by atoms with Gasteiger partial charge in [0.1, 0.15) is 9.88 Å². The van der Waals surface area contributed by atoms with Crippen molar-refractivity contribution in [2.45, 2.75) is 26.7 Å². The first-order valence-electron chi connectivity index (χ1n) is 7.46. The largest absolute Gasteiger partial charge is 0.345 e. The highest BCUT2D eigenvalue weighted by atomic mass is 32.1. The molecule has 2 aromatic rings. The number of nitrogens with one attached hydrogen (secondary N) is 1. The number of aryl methyl sites for hydroxylation is 3. The van der Waals surface area contributed by atoms with Gasteiger partial charge in [0.15, 0.2) is 0 Å². The number of rotatable bonds is 5. The monoisotopic (exact) mass is 371 g/mol. The Morgan fingerprint density at radius 2 is 1.96 bits per heavy atom. The first-order valence-corrected chi connectivity index (χ1v) is 8.27. The van der Waals surface area contributed by atoms with Gasteiger partial charge in [-0.1, -0.05) is 0 Å². The second-order valence-electron chi connectivity index (χ2n) is 5.69. The van der Waals surface area contributed by atoms with E-state index in [9.17, 15) is 18.4 Å². The second-order valence-corrected chi connectivity index (χ2v) is 6.69. The second kappa shape index (κ2) is 6.96. The van der Waals surface area contributed by atoms with Crippen LogP contribution in [0.2, 0.25) is 0 Å². The van der Waals surface area contributed by atoms with Crippen LogP contribution in [0.4, 0.5) is 8.78 Å². The summed E-state index contributed by atoms with van der Waals surface area (Å²) >= 11 is 0.984. The van der Waals surface area contributed by atoms with Gasteiger partial charge in [0.25, 0.3) is 17.4 Å². The average molecular weight is 371 g/mol. The summed E-state index contributed by atoms with van der Waals surface area (Å²) in [6.07, 6.45) is 0. The quantitative estimate of drug-likeness (QED) is 0.821. The summed E-state index contributed by atoms with van der Waals surface area (Å²) in [5, 5.41) is 6.61. The summed E-state index contributed by atoms with van der Waals surface area (Å²) in [6.45, 7) is 3.39. The van der Waals surface area contributed by atoms with Crippen LogP contribution >= 0.6 is 11.3 Å². The van der Waals surface area contributed by atoms with Crippen molar-refractivity contribution >= 4 is 17.2 Å². The Balaban J connectivity index is 2.39. The van der Waals surface area contributed by atoms with Gasteiger partial charge in [0, 0.05) is 7.05 Å². The molecule has 0 unspecified atom stereocenters. The van der Waals surface area contributed by atoms with Crippen molar-refractivity contribution < 1.29 is 13.6 Å². The smallest absolute Gasteiger partial charge is 0.277 e. The highest BCUT2D eigenvalue weighted by Crippen LogP contribution is 2.28. The molecule has 136 valence electrons. The normalized spacial score (nSPS) is 11.6. The number of carbonyl (C=O) groups is 1. The molecule has 0 aliphatic rings. The van der Waals surface area contributed by atoms with Gasteiger partial charge in [-0.25, -0.2) is 18.4 Å². The third-order valence-corrected chi connectivity index (χ3v) is 4.92. The van der Waals surface area contributed by atoms with E-state index in [1.165, 1.54) is 11.7 Å². The number of hydrogen-bond acceptors (Lipinski definition) is 6. The van der Waals surface area contributed by atoms with E-state index in [-0.39, 0.29) is 10.4 Å². The van der Waals surface area contributed by atoms with Gasteiger partial charge in [0.05, 0.1) is 30.0 Å². The molecule has 0 radical (unpaired) electrons. The maximum absolute atomic E-state index is 13.2. The molecular weight excluding hydrogens is 352 g/mol. The van der Waals surface area contributed by atoms with Crippen molar-refractivity contribution in [1.29, 1.82) is 0 Å². The summed E-state index contributed by atoms with van der Waals surface area (Å²) in [5.41, 5.74) is 6.67. The van der Waals surface area contributed by atoms with Crippen LogP contribution in [0.15, 0.2) is 4.79 Å². The molecule has 0 aliphatic carbocycles. The third-order valence-electron chi connectivity index (χ3n) is 3.75. The lowest BCUT2D eigenvalue weighted by molar-refractivity contribution is 0.0119. The number of halogens is 2. The number of nitrogens with two attached hydrogens (primary N) is 1. The van der Waals surface area contributed by atoms with Crippen molar-refractivity contribution in [1.82, 2.24) is 20.1 Å². The minimum absolute atomic E-state index is 0.179. The minimum Gasteiger partial charge on any atom is -0.345 e. The predicted molar refractivity (Wildman–Crippen MR) is 91.1 cm³/mol. The van der Waals surface area contributed by atoms with Crippen LogP contribution in [0.25, 0.3) is 10.6 Å². The fourth-order valence-electron chi connectivity index (χ4n) is 2.18. The molecule has 0 atom stereocenters. The molecule has 0 aliphatic heterocycles. The van der Waals surface area contributed by atoms with Crippen LogP contribution in [-0.2, 0) is 7.05 Å². The fourth-order valence-corrected chi connectivity index (χ4v) is 3.25. The van der Waals surface area contributed by atoms with Crippen molar-refractivity contribution in [3.8, 4) is 10.6 Å². The average Bonchev–Trinajstić information content (AvgIpc) is 2.92. The van der Waals surface area contributed by atoms with E-state index < -0.39 is 24.9 Å². The molecule has 2 aromatic heterocycles. The van der Waals surface area contributed by atoms with Gasteiger partial charge >= 0.3 is 0 Å². The van der Waals surface area contributed by atoms with E-state index in [1.54, 1.807) is 20.8 Å². The Labute approximate surface area is 146 Å². The van der Waals surface area contributed by atoms with E-state index in [0.29, 0.717) is 27.5 Å². The van der Waals surface area contributed by atoms with Crippen LogP contribution < -0.4 is 16.6 Å². The molecule has 2 heterocycles. The Kier molecular flexibility index (Phi) is 5.33. The molecule has 0 aromatic carbocycles. The molecule has 0 fully saturated rings. The van der Waals surface area contributed by atoms with Crippen LogP contribution in [-0.4, -0.2) is 39.7 Å². The third kappa shape index (κ3) is 3.90. The van der Waals surface area contributed by atoms with Crippen molar-refractivity contribution in [3.05, 3.63) is 32.2 Å². The summed E-state index contributed by atoms with van der Waals surface area (Å²) in [6, 6.07) is 0. The fraction of sp³-hybridized carbons (Fsp3) is 0.467. The summed E-state index contributed by atoms with van der Waals surface area (Å²) < 4.78 is 27.6. The Hall–Kier alpha value is -2.20. The number of alkyl halides is 2. The molecule has 3 N–H and O–H groups in total. The van der Waals surface area contributed by atoms with Gasteiger partial charge < -0.3 is 11.1 Å². The lowest BCUT2D eigenvalue weighted by Crippen LogP contribution is -2.41. The molecule has 0 saturated heterocycles. The maximum atomic E-state index is 13.2. The Morgan fingerprint density at radius 3 is 2.56 bits per heavy atom. The molecule has 0 saturated carbocycles. The van der Waals surface area contributed by atoms with E-state index in [1.807, 2.05) is 0 Å². The predicted octanol–water partition coefficient (Wildman–Crippen LogP) is 1.15. The summed E-state index contributed by atoms with van der Waals surface area (Å²) in [5.74, 6) is -3.85. The van der Waals surface area contributed by atoms with Crippen molar-refractivity contribution in [2.24, 2.45) is 12.8 Å². The van der Waals surface area contributed by atoms with Crippen LogP contribution in [0.3, 0.4) is 0 Å². The standard InChI is InChI=1S/C15H19F2N5O2S/c1-7-8(2)21-22(4)14(24)10(7)13-20-9(3)11(25-13)12(23)19-6-15(16,17)5-18/h5-6,18H2,1-4H3,(H,19,23). The zero-order chi connectivity index (χ0) is 18.9. The lowest BCUT2D eigenvalue weighted by atomic mass is 10.1. The number of amides is 1. The van der Waals surface area contributed by atoms with E-state index in [0.717, 1.165) is 11.3 Å². The van der Waals surface area contributed by atoms with Crippen LogP contribution in [0, 0.1) is 20.8 Å². The van der Waals surface area contributed by atoms with Gasteiger partial charge in [-0.05, 0) is 26.3 Å². The maximum Gasteiger partial charge on any atom is 0.277 e. The van der Waals surface area contributed by atoms with E-state index >= 15 is 0 Å². The SMILES string of the molecule is Cc1nc(-c2c(C)c(C)nn(C)c2=O)sc1C(=O)NCC(F)(F)CN. The van der Waals surface area contributed by atoms with Gasteiger partial charge in [-0.15, -0.1) is 11.3 Å². The topological polar surface area (TPSA) is 103 Å². The molecule has 10 heteroatoms. The Bertz CT molecular complexity index is 876. The lowest BCUT2D eigenvalue weighted by Gasteiger charge is -2.13. The zero-order valence-electron chi connectivity index (χ0n) is 14.3. The highest BCUT2D eigenvalue weighted by Gasteiger charge is 2.28. The van der Waals surface area contributed by atoms with Crippen LogP contribution in [0.1, 0.15) is 26.6 Å². The van der Waals surface area contributed by atoms with E-state index in [2.05, 4.69) is 15.4 Å². The van der Waals surface area contributed by atoms with Crippen molar-refractivity contribution in [2.75, 3.05) is 13.1 Å². The van der Waals surface area contributed by atoms with Crippen molar-refractivity contribution in [3.63, 3.8) is 0 Å². The molecule has 7 nitrogen and oxygen atoms in total. The first-order chi connectivity index (χ1) is 11.6. The van der Waals surface area contributed by atoms with Crippen LogP contribution in [0.5, 0.6) is 0 Å². The summed E-state index contributed by atoms with van der Waals surface area (Å²) in [4.78, 5) is 29.0. The number of aromatic nitrogens is 3. The number of hydrogen-bond donors (Lipinski definition) is 2. The zero-order valence-corrected chi connectivity index (χ0v) is 15.1. The number of carbonyl (C=O) groups excluding carboxylic acids is 1. The molecular formula is C15H19F2N5O2S. The molecule has 25 heavy (non-hydrogen) atoms. The first kappa shape index (κ1) is 19.1. The number of nitrogens with zero attached hydrogens (tertiary/aromatic N) is 3. The van der Waals surface area contributed by atoms with Gasteiger partial charge in [-0.3, -0.25) is 9.59 Å². The van der Waals surface area contributed by atoms with Gasteiger partial charge in [0.2, 0.25) is 0 Å². The minimum atomic E-state index is -3.17. The molecule has 0 spiro atoms. The number of thiazole rings is 1. The molecule has 2 rings (SSSR count). The molecule has 0 bridgehead atoms.